The summed E-state index contributed by atoms with van der Waals surface area (Å²) in [6, 6.07) is 17.5. The molecule has 2 aromatic carbocycles. The third kappa shape index (κ3) is 6.21. The first-order chi connectivity index (χ1) is 20.6. The van der Waals surface area contributed by atoms with Crippen LogP contribution in [0.2, 0.25) is 0 Å². The van der Waals surface area contributed by atoms with Gasteiger partial charge in [-0.1, -0.05) is 30.3 Å². The van der Waals surface area contributed by atoms with E-state index in [1.165, 1.54) is 10.4 Å². The summed E-state index contributed by atoms with van der Waals surface area (Å²) in [6.45, 7) is 8.52. The molecule has 4 heterocycles. The summed E-state index contributed by atoms with van der Waals surface area (Å²) in [4.78, 5) is 39.8. The van der Waals surface area contributed by atoms with Gasteiger partial charge in [0.15, 0.2) is 0 Å². The van der Waals surface area contributed by atoms with Crippen molar-refractivity contribution >= 4 is 33.1 Å². The van der Waals surface area contributed by atoms with Crippen molar-refractivity contribution in [1.29, 1.82) is 0 Å². The van der Waals surface area contributed by atoms with Crippen LogP contribution in [0.4, 0.5) is 5.69 Å². The standard InChI is InChI=1S/C32H38N6O3S/c1-41-27-11-6-5-10-26(27)37-19-16-35(17-20-37)18-21-38-23-34-31-29(32(38)40)25-12-15-36(22-28(25)42-31)14-7-13-33-30(39)24-8-3-2-4-9-24/h2-6,8-11,23H,7,12-22H2,1H3,(H,33,39). The number of aromatic nitrogens is 2. The number of thiophene rings is 1. The smallest absolute Gasteiger partial charge is 0.262 e. The van der Waals surface area contributed by atoms with Crippen LogP contribution in [0.15, 0.2) is 65.7 Å². The quantitative estimate of drug-likeness (QED) is 0.285. The van der Waals surface area contributed by atoms with E-state index >= 15 is 0 Å². The number of para-hydroxylation sites is 2. The normalized spacial score (nSPS) is 16.0. The lowest BCUT2D eigenvalue weighted by Crippen LogP contribution is -2.47. The number of amides is 1. The molecule has 0 spiro atoms. The molecule has 0 unspecified atom stereocenters. The second kappa shape index (κ2) is 13.1. The van der Waals surface area contributed by atoms with Gasteiger partial charge in [-0.05, 0) is 42.7 Å². The van der Waals surface area contributed by atoms with E-state index in [1.54, 1.807) is 29.3 Å². The molecule has 42 heavy (non-hydrogen) atoms. The summed E-state index contributed by atoms with van der Waals surface area (Å²) in [5.74, 6) is 0.880. The number of fused-ring (bicyclic) bond motifs is 3. The lowest BCUT2D eigenvalue weighted by atomic mass is 10.1. The number of hydrogen-bond acceptors (Lipinski definition) is 8. The Bertz CT molecular complexity index is 1580. The maximum absolute atomic E-state index is 13.6. The van der Waals surface area contributed by atoms with Gasteiger partial charge in [-0.15, -0.1) is 11.3 Å². The molecule has 0 radical (unpaired) electrons. The molecule has 0 aliphatic carbocycles. The highest BCUT2D eigenvalue weighted by Crippen LogP contribution is 2.32. The summed E-state index contributed by atoms with van der Waals surface area (Å²) in [6.07, 6.45) is 3.47. The summed E-state index contributed by atoms with van der Waals surface area (Å²) in [7, 11) is 1.72. The topological polar surface area (TPSA) is 82.9 Å². The summed E-state index contributed by atoms with van der Waals surface area (Å²) >= 11 is 1.65. The van der Waals surface area contributed by atoms with E-state index in [-0.39, 0.29) is 11.5 Å². The van der Waals surface area contributed by atoms with E-state index in [4.69, 9.17) is 9.72 Å². The summed E-state index contributed by atoms with van der Waals surface area (Å²) in [5.41, 5.74) is 3.10. The average Bonchev–Trinajstić information content (AvgIpc) is 3.42. The number of ether oxygens (including phenoxy) is 1. The monoisotopic (exact) mass is 586 g/mol. The zero-order valence-electron chi connectivity index (χ0n) is 24.1. The lowest BCUT2D eigenvalue weighted by molar-refractivity contribution is 0.0951. The number of nitrogens with zero attached hydrogens (tertiary/aromatic N) is 5. The van der Waals surface area contributed by atoms with E-state index in [1.807, 2.05) is 42.5 Å². The molecule has 0 atom stereocenters. The highest BCUT2D eigenvalue weighted by Gasteiger charge is 2.24. The molecule has 4 aromatic rings. The zero-order valence-corrected chi connectivity index (χ0v) is 24.9. The molecule has 220 valence electrons. The van der Waals surface area contributed by atoms with E-state index < -0.39 is 0 Å². The Balaban J connectivity index is 1.01. The molecule has 10 heteroatoms. The SMILES string of the molecule is COc1ccccc1N1CCN(CCn2cnc3sc4c(c3c2=O)CCN(CCCNC(=O)c2ccccc2)C4)CC1. The molecule has 1 fully saturated rings. The Morgan fingerprint density at radius 2 is 1.74 bits per heavy atom. The van der Waals surface area contributed by atoms with Gasteiger partial charge in [0.1, 0.15) is 10.6 Å². The Morgan fingerprint density at radius 1 is 0.952 bits per heavy atom. The lowest BCUT2D eigenvalue weighted by Gasteiger charge is -2.36. The third-order valence-corrected chi connectivity index (χ3v) is 9.46. The highest BCUT2D eigenvalue weighted by molar-refractivity contribution is 7.18. The van der Waals surface area contributed by atoms with Crippen LogP contribution >= 0.6 is 11.3 Å². The molecule has 1 saturated heterocycles. The second-order valence-electron chi connectivity index (χ2n) is 10.9. The van der Waals surface area contributed by atoms with Crippen molar-refractivity contribution < 1.29 is 9.53 Å². The zero-order chi connectivity index (χ0) is 28.9. The van der Waals surface area contributed by atoms with Gasteiger partial charge in [-0.3, -0.25) is 24.0 Å². The molecule has 2 aliphatic rings. The number of nitrogens with one attached hydrogen (secondary N) is 1. The number of carbonyl (C=O) groups excluding carboxylic acids is 1. The Hall–Kier alpha value is -3.73. The summed E-state index contributed by atoms with van der Waals surface area (Å²) < 4.78 is 7.34. The fourth-order valence-electron chi connectivity index (χ4n) is 5.97. The van der Waals surface area contributed by atoms with Crippen LogP contribution in [0.3, 0.4) is 0 Å². The number of methoxy groups -OCH3 is 1. The van der Waals surface area contributed by atoms with Gasteiger partial charge in [0.2, 0.25) is 0 Å². The third-order valence-electron chi connectivity index (χ3n) is 8.33. The highest BCUT2D eigenvalue weighted by atomic mass is 32.1. The van der Waals surface area contributed by atoms with Gasteiger partial charge in [0, 0.05) is 75.9 Å². The molecule has 6 rings (SSSR count). The van der Waals surface area contributed by atoms with Crippen molar-refractivity contribution in [1.82, 2.24) is 24.7 Å². The maximum Gasteiger partial charge on any atom is 0.262 e. The number of rotatable bonds is 10. The van der Waals surface area contributed by atoms with Gasteiger partial charge in [-0.2, -0.15) is 0 Å². The van der Waals surface area contributed by atoms with Crippen molar-refractivity contribution in [3.63, 3.8) is 0 Å². The van der Waals surface area contributed by atoms with Crippen LogP contribution in [0.5, 0.6) is 5.75 Å². The Labute approximate surface area is 250 Å². The Kier molecular flexibility index (Phi) is 8.83. The molecule has 2 aliphatic heterocycles. The van der Waals surface area contributed by atoms with Gasteiger partial charge in [0.25, 0.3) is 11.5 Å². The maximum atomic E-state index is 13.6. The molecule has 1 amide bonds. The van der Waals surface area contributed by atoms with Crippen molar-refractivity contribution in [3.8, 4) is 5.75 Å². The molecule has 0 saturated carbocycles. The van der Waals surface area contributed by atoms with Gasteiger partial charge < -0.3 is 15.0 Å². The van der Waals surface area contributed by atoms with Crippen LogP contribution in [-0.2, 0) is 19.5 Å². The van der Waals surface area contributed by atoms with Crippen molar-refractivity contribution in [2.24, 2.45) is 0 Å². The number of piperazine rings is 1. The van der Waals surface area contributed by atoms with E-state index in [2.05, 4.69) is 32.1 Å². The number of hydrogen-bond donors (Lipinski definition) is 1. The average molecular weight is 587 g/mol. The second-order valence-corrected chi connectivity index (χ2v) is 12.0. The van der Waals surface area contributed by atoms with Gasteiger partial charge in [0.05, 0.1) is 24.5 Å². The molecule has 0 bridgehead atoms. The molecule has 2 aromatic heterocycles. The van der Waals surface area contributed by atoms with Crippen molar-refractivity contribution in [3.05, 3.63) is 87.3 Å². The minimum Gasteiger partial charge on any atom is -0.495 e. The van der Waals surface area contributed by atoms with Crippen LogP contribution in [-0.4, -0.2) is 84.7 Å². The first kappa shape index (κ1) is 28.4. The predicted octanol–water partition coefficient (Wildman–Crippen LogP) is 3.47. The van der Waals surface area contributed by atoms with Crippen LogP contribution in [0.25, 0.3) is 10.2 Å². The first-order valence-electron chi connectivity index (χ1n) is 14.8. The van der Waals surface area contributed by atoms with Crippen LogP contribution < -0.4 is 20.5 Å². The minimum atomic E-state index is -0.0292. The van der Waals surface area contributed by atoms with Crippen LogP contribution in [0.1, 0.15) is 27.2 Å². The fraction of sp³-hybridized carbons (Fsp3) is 0.406. The minimum absolute atomic E-state index is 0.0292. The van der Waals surface area contributed by atoms with Gasteiger partial charge >= 0.3 is 0 Å². The number of carbonyl (C=O) groups is 1. The molecule has 1 N–H and O–H groups in total. The van der Waals surface area contributed by atoms with E-state index in [0.717, 1.165) is 86.9 Å². The molecule has 9 nitrogen and oxygen atoms in total. The predicted molar refractivity (Wildman–Crippen MR) is 168 cm³/mol. The summed E-state index contributed by atoms with van der Waals surface area (Å²) in [5, 5.41) is 3.83. The first-order valence-corrected chi connectivity index (χ1v) is 15.6. The molecular weight excluding hydrogens is 548 g/mol. The number of anilines is 1. The largest absolute Gasteiger partial charge is 0.495 e. The van der Waals surface area contributed by atoms with E-state index in [0.29, 0.717) is 18.7 Å². The van der Waals surface area contributed by atoms with E-state index in [9.17, 15) is 9.59 Å². The van der Waals surface area contributed by atoms with Gasteiger partial charge in [-0.25, -0.2) is 4.98 Å². The Morgan fingerprint density at radius 3 is 2.55 bits per heavy atom. The fourth-order valence-corrected chi connectivity index (χ4v) is 7.19. The van der Waals surface area contributed by atoms with Crippen molar-refractivity contribution in [2.75, 3.05) is 64.4 Å². The van der Waals surface area contributed by atoms with Crippen molar-refractivity contribution in [2.45, 2.75) is 25.9 Å². The molecular formula is C32H38N6O3S. The van der Waals surface area contributed by atoms with Crippen LogP contribution in [0, 0.1) is 0 Å². The number of benzene rings is 2.